The Morgan fingerprint density at radius 3 is 2.75 bits per heavy atom. The zero-order valence-corrected chi connectivity index (χ0v) is 19.2. The number of thiophene rings is 1. The Morgan fingerprint density at radius 1 is 1.19 bits per heavy atom. The lowest BCUT2D eigenvalue weighted by Gasteiger charge is -2.29. The molecule has 0 radical (unpaired) electrons. The van der Waals surface area contributed by atoms with E-state index < -0.39 is 0 Å². The van der Waals surface area contributed by atoms with Crippen LogP contribution in [0.2, 0.25) is 0 Å². The van der Waals surface area contributed by atoms with Gasteiger partial charge in [0.05, 0.1) is 23.2 Å². The van der Waals surface area contributed by atoms with Crippen LogP contribution >= 0.6 is 11.3 Å². The van der Waals surface area contributed by atoms with Crippen LogP contribution in [-0.4, -0.2) is 38.8 Å². The first-order valence-electron chi connectivity index (χ1n) is 11.4. The highest BCUT2D eigenvalue weighted by Crippen LogP contribution is 2.31. The van der Waals surface area contributed by atoms with Gasteiger partial charge in [-0.05, 0) is 54.8 Å². The van der Waals surface area contributed by atoms with Crippen molar-refractivity contribution in [2.75, 3.05) is 13.1 Å². The van der Waals surface area contributed by atoms with Gasteiger partial charge in [0.15, 0.2) is 0 Å². The zero-order chi connectivity index (χ0) is 22.1. The lowest BCUT2D eigenvalue weighted by Crippen LogP contribution is -2.39. The number of carbonyl (C=O) groups excluding carboxylic acids is 1. The third-order valence-electron chi connectivity index (χ3n) is 6.61. The molecule has 1 aromatic carbocycles. The predicted molar refractivity (Wildman–Crippen MR) is 126 cm³/mol. The molecule has 0 unspecified atom stereocenters. The Hall–Kier alpha value is -2.77. The van der Waals surface area contributed by atoms with E-state index in [2.05, 4.69) is 41.1 Å². The molecule has 0 spiro atoms. The molecule has 0 aliphatic carbocycles. The van der Waals surface area contributed by atoms with Crippen molar-refractivity contribution >= 4 is 17.2 Å². The maximum Gasteiger partial charge on any atom is 0.264 e. The van der Waals surface area contributed by atoms with E-state index in [0.29, 0.717) is 19.5 Å². The van der Waals surface area contributed by atoms with Gasteiger partial charge < -0.3 is 9.88 Å². The van der Waals surface area contributed by atoms with Crippen molar-refractivity contribution in [3.8, 4) is 0 Å². The van der Waals surface area contributed by atoms with Crippen LogP contribution in [0.3, 0.4) is 0 Å². The lowest BCUT2D eigenvalue weighted by atomic mass is 10.1. The normalized spacial score (nSPS) is 18.7. The van der Waals surface area contributed by atoms with Crippen molar-refractivity contribution in [3.63, 3.8) is 0 Å². The van der Waals surface area contributed by atoms with E-state index in [1.807, 2.05) is 22.4 Å². The minimum Gasteiger partial charge on any atom is -0.332 e. The molecule has 7 heteroatoms. The second-order valence-electron chi connectivity index (χ2n) is 8.63. The number of nitrogens with one attached hydrogen (secondary N) is 1. The number of rotatable bonds is 5. The molecule has 5 rings (SSSR count). The summed E-state index contributed by atoms with van der Waals surface area (Å²) in [5.74, 6) is 0.758. The SMILES string of the molecule is CCc1ccc(CN2CCC[C@@H]2c2nc3c(c(=O)[nH]2)CCN(C(=O)c2cccs2)C3)cc1. The van der Waals surface area contributed by atoms with Crippen molar-refractivity contribution in [3.05, 3.63) is 85.2 Å². The second kappa shape index (κ2) is 9.00. The van der Waals surface area contributed by atoms with Crippen molar-refractivity contribution in [1.82, 2.24) is 19.8 Å². The number of hydrogen-bond donors (Lipinski definition) is 1. The number of benzene rings is 1. The van der Waals surface area contributed by atoms with E-state index in [0.717, 1.165) is 54.3 Å². The maximum atomic E-state index is 12.9. The number of hydrogen-bond acceptors (Lipinski definition) is 5. The number of aromatic nitrogens is 2. The van der Waals surface area contributed by atoms with E-state index in [1.165, 1.54) is 22.5 Å². The van der Waals surface area contributed by atoms with Crippen molar-refractivity contribution in [2.45, 2.75) is 51.7 Å². The van der Waals surface area contributed by atoms with Crippen LogP contribution in [-0.2, 0) is 25.9 Å². The Kier molecular flexibility index (Phi) is 5.93. The topological polar surface area (TPSA) is 69.3 Å². The van der Waals surface area contributed by atoms with Crippen molar-refractivity contribution in [1.29, 1.82) is 0 Å². The lowest BCUT2D eigenvalue weighted by molar-refractivity contribution is 0.0735. The molecule has 0 bridgehead atoms. The molecule has 0 saturated carbocycles. The van der Waals surface area contributed by atoms with E-state index in [4.69, 9.17) is 4.98 Å². The van der Waals surface area contributed by atoms with Gasteiger partial charge in [-0.1, -0.05) is 37.3 Å². The van der Waals surface area contributed by atoms with Crippen LogP contribution in [0.25, 0.3) is 0 Å². The quantitative estimate of drug-likeness (QED) is 0.642. The molecule has 1 saturated heterocycles. The fourth-order valence-corrected chi connectivity index (χ4v) is 5.48. The number of likely N-dealkylation sites (tertiary alicyclic amines) is 1. The first kappa shape index (κ1) is 21.1. The fourth-order valence-electron chi connectivity index (χ4n) is 4.79. The third kappa shape index (κ3) is 4.14. The fraction of sp³-hybridized carbons (Fsp3) is 0.400. The zero-order valence-electron chi connectivity index (χ0n) is 18.3. The summed E-state index contributed by atoms with van der Waals surface area (Å²) < 4.78 is 0. The van der Waals surface area contributed by atoms with Gasteiger partial charge in [0.2, 0.25) is 0 Å². The summed E-state index contributed by atoms with van der Waals surface area (Å²) >= 11 is 1.45. The Bertz CT molecular complexity index is 1150. The van der Waals surface area contributed by atoms with Crippen LogP contribution in [0.4, 0.5) is 0 Å². The molecule has 6 nitrogen and oxygen atoms in total. The molecule has 2 aliphatic rings. The minimum atomic E-state index is -0.0487. The number of amides is 1. The molecular formula is C25H28N4O2S. The summed E-state index contributed by atoms with van der Waals surface area (Å²) in [5.41, 5.74) is 4.05. The number of fused-ring (bicyclic) bond motifs is 1. The van der Waals surface area contributed by atoms with Crippen LogP contribution in [0, 0.1) is 0 Å². The van der Waals surface area contributed by atoms with Crippen LogP contribution < -0.4 is 5.56 Å². The van der Waals surface area contributed by atoms with Gasteiger partial charge in [-0.3, -0.25) is 14.5 Å². The average Bonchev–Trinajstić information content (AvgIpc) is 3.51. The van der Waals surface area contributed by atoms with E-state index in [-0.39, 0.29) is 17.5 Å². The van der Waals surface area contributed by atoms with Crippen molar-refractivity contribution in [2.24, 2.45) is 0 Å². The molecule has 166 valence electrons. The van der Waals surface area contributed by atoms with E-state index >= 15 is 0 Å². The minimum absolute atomic E-state index is 0.0206. The van der Waals surface area contributed by atoms with Crippen molar-refractivity contribution < 1.29 is 4.79 Å². The molecule has 2 aromatic heterocycles. The van der Waals surface area contributed by atoms with Gasteiger partial charge in [0, 0.05) is 18.7 Å². The highest BCUT2D eigenvalue weighted by atomic mass is 32.1. The van der Waals surface area contributed by atoms with Crippen LogP contribution in [0.1, 0.15) is 63.7 Å². The van der Waals surface area contributed by atoms with E-state index in [9.17, 15) is 9.59 Å². The molecule has 32 heavy (non-hydrogen) atoms. The number of nitrogens with zero attached hydrogens (tertiary/aromatic N) is 3. The molecule has 1 N–H and O–H groups in total. The third-order valence-corrected chi connectivity index (χ3v) is 7.47. The average molecular weight is 449 g/mol. The van der Waals surface area contributed by atoms with Gasteiger partial charge in [0.1, 0.15) is 5.82 Å². The van der Waals surface area contributed by atoms with Gasteiger partial charge in [-0.2, -0.15) is 0 Å². The summed E-state index contributed by atoms with van der Waals surface area (Å²) in [4.78, 5) is 38.6. The molecule has 1 amide bonds. The van der Waals surface area contributed by atoms with Gasteiger partial charge in [-0.25, -0.2) is 4.98 Å². The molecule has 4 heterocycles. The van der Waals surface area contributed by atoms with Crippen LogP contribution in [0.15, 0.2) is 46.6 Å². The summed E-state index contributed by atoms with van der Waals surface area (Å²) in [6, 6.07) is 12.6. The summed E-state index contributed by atoms with van der Waals surface area (Å²) in [5, 5.41) is 1.91. The van der Waals surface area contributed by atoms with E-state index in [1.54, 1.807) is 0 Å². The second-order valence-corrected chi connectivity index (χ2v) is 9.58. The van der Waals surface area contributed by atoms with Gasteiger partial charge >= 0.3 is 0 Å². The summed E-state index contributed by atoms with van der Waals surface area (Å²) in [6.45, 7) is 4.95. The number of aryl methyl sites for hydroxylation is 1. The Balaban J connectivity index is 1.37. The number of H-pyrrole nitrogens is 1. The van der Waals surface area contributed by atoms with Gasteiger partial charge in [0.25, 0.3) is 11.5 Å². The van der Waals surface area contributed by atoms with Gasteiger partial charge in [-0.15, -0.1) is 11.3 Å². The van der Waals surface area contributed by atoms with Crippen LogP contribution in [0.5, 0.6) is 0 Å². The highest BCUT2D eigenvalue weighted by Gasteiger charge is 2.31. The first-order chi connectivity index (χ1) is 15.6. The highest BCUT2D eigenvalue weighted by molar-refractivity contribution is 7.12. The Labute approximate surface area is 191 Å². The molecule has 3 aromatic rings. The molecular weight excluding hydrogens is 420 g/mol. The number of carbonyl (C=O) groups is 1. The summed E-state index contributed by atoms with van der Waals surface area (Å²) in [6.07, 6.45) is 3.65. The number of aromatic amines is 1. The molecule has 1 fully saturated rings. The monoisotopic (exact) mass is 448 g/mol. The molecule has 1 atom stereocenters. The maximum absolute atomic E-state index is 12.9. The smallest absolute Gasteiger partial charge is 0.264 e. The standard InChI is InChI=1S/C25H28N4O2S/c1-2-17-7-9-18(10-8-17)15-28-12-3-5-21(28)23-26-20-16-29(13-11-19(20)24(30)27-23)25(31)22-6-4-14-32-22/h4,6-10,14,21H,2-3,5,11-13,15-16H2,1H3,(H,26,27,30)/t21-/m1/s1. The largest absolute Gasteiger partial charge is 0.332 e. The molecule has 2 aliphatic heterocycles. The first-order valence-corrected chi connectivity index (χ1v) is 12.3. The summed E-state index contributed by atoms with van der Waals surface area (Å²) in [7, 11) is 0. The predicted octanol–water partition coefficient (Wildman–Crippen LogP) is 3.93. The Morgan fingerprint density at radius 2 is 2.00 bits per heavy atom.